The first-order valence-corrected chi connectivity index (χ1v) is 8.88. The van der Waals surface area contributed by atoms with Gasteiger partial charge in [-0.25, -0.2) is 4.39 Å². The number of likely N-dealkylation sites (N-methyl/N-ethyl adjacent to an activating group) is 1. The molecule has 2 atom stereocenters. The molecule has 1 saturated carbocycles. The number of ketones is 1. The molecule has 0 aromatic heterocycles. The number of piperidine rings is 1. The Morgan fingerprint density at radius 1 is 1.29 bits per heavy atom. The number of ether oxygens (including phenoxy) is 2. The minimum Gasteiger partial charge on any atom is -0.493 e. The Morgan fingerprint density at radius 2 is 2.00 bits per heavy atom. The van der Waals surface area contributed by atoms with Crippen LogP contribution in [-0.2, 0) is 4.74 Å². The number of nitrogens with zero attached hydrogens (tertiary/aromatic N) is 1. The van der Waals surface area contributed by atoms with Gasteiger partial charge in [-0.15, -0.1) is 0 Å². The molecule has 1 aliphatic carbocycles. The lowest BCUT2D eigenvalue weighted by atomic mass is 9.81. The molecule has 2 bridgehead atoms. The molecule has 4 nitrogen and oxygen atoms in total. The van der Waals surface area contributed by atoms with Crippen LogP contribution in [0.15, 0.2) is 18.2 Å². The van der Waals surface area contributed by atoms with Crippen LogP contribution in [0.1, 0.15) is 36.0 Å². The van der Waals surface area contributed by atoms with Crippen molar-refractivity contribution in [2.45, 2.75) is 37.8 Å². The van der Waals surface area contributed by atoms with Crippen molar-refractivity contribution in [3.05, 3.63) is 29.6 Å². The minimum absolute atomic E-state index is 0.0188. The Labute approximate surface area is 141 Å². The first-order chi connectivity index (χ1) is 11.6. The van der Waals surface area contributed by atoms with Gasteiger partial charge in [0.15, 0.2) is 5.78 Å². The van der Waals surface area contributed by atoms with Crippen LogP contribution in [0.4, 0.5) is 4.39 Å². The molecule has 0 spiro atoms. The molecular weight excluding hydrogens is 309 g/mol. The van der Waals surface area contributed by atoms with Crippen LogP contribution in [0.25, 0.3) is 0 Å². The van der Waals surface area contributed by atoms with E-state index in [0.717, 1.165) is 12.8 Å². The molecule has 1 aromatic rings. The molecule has 2 heterocycles. The third kappa shape index (κ3) is 3.20. The Balaban J connectivity index is 1.53. The van der Waals surface area contributed by atoms with Crippen LogP contribution in [0, 0.1) is 17.7 Å². The molecule has 1 aromatic carbocycles. The number of halogens is 1. The molecule has 4 rings (SSSR count). The summed E-state index contributed by atoms with van der Waals surface area (Å²) >= 11 is 0. The van der Waals surface area contributed by atoms with Gasteiger partial charge in [0, 0.05) is 18.0 Å². The summed E-state index contributed by atoms with van der Waals surface area (Å²) in [7, 11) is 2.10. The molecule has 3 fully saturated rings. The van der Waals surface area contributed by atoms with E-state index in [1.54, 1.807) is 6.07 Å². The number of hydrogen-bond acceptors (Lipinski definition) is 4. The predicted octanol–water partition coefficient (Wildman–Crippen LogP) is 2.91. The van der Waals surface area contributed by atoms with Crippen LogP contribution in [0.2, 0.25) is 0 Å². The van der Waals surface area contributed by atoms with Crippen molar-refractivity contribution in [3.8, 4) is 5.75 Å². The van der Waals surface area contributed by atoms with Gasteiger partial charge in [0.1, 0.15) is 11.6 Å². The Bertz CT molecular complexity index is 617. The van der Waals surface area contributed by atoms with E-state index in [0.29, 0.717) is 37.1 Å². The Hall–Kier alpha value is -1.46. The van der Waals surface area contributed by atoms with E-state index in [1.807, 2.05) is 0 Å². The van der Waals surface area contributed by atoms with Crippen molar-refractivity contribution in [3.63, 3.8) is 0 Å². The summed E-state index contributed by atoms with van der Waals surface area (Å²) in [6.07, 6.45) is 3.90. The van der Waals surface area contributed by atoms with Gasteiger partial charge in [0.05, 0.1) is 25.4 Å². The van der Waals surface area contributed by atoms with Crippen LogP contribution in [-0.4, -0.2) is 49.6 Å². The van der Waals surface area contributed by atoms with Gasteiger partial charge in [-0.3, -0.25) is 9.69 Å². The molecule has 3 aliphatic rings. The van der Waals surface area contributed by atoms with E-state index in [4.69, 9.17) is 9.47 Å². The maximum absolute atomic E-state index is 13.7. The number of rotatable bonds is 5. The second-order valence-electron chi connectivity index (χ2n) is 7.44. The molecule has 24 heavy (non-hydrogen) atoms. The SMILES string of the molecule is CN1C2COCC1CC(C(=O)c1cc(F)ccc1OCC1CC1)C2. The average molecular weight is 333 g/mol. The lowest BCUT2D eigenvalue weighted by Gasteiger charge is -2.46. The van der Waals surface area contributed by atoms with Crippen LogP contribution >= 0.6 is 0 Å². The molecule has 0 amide bonds. The quantitative estimate of drug-likeness (QED) is 0.777. The van der Waals surface area contributed by atoms with Gasteiger partial charge < -0.3 is 9.47 Å². The van der Waals surface area contributed by atoms with Gasteiger partial charge in [0.2, 0.25) is 0 Å². The monoisotopic (exact) mass is 333 g/mol. The van der Waals surface area contributed by atoms with Crippen molar-refractivity contribution in [1.29, 1.82) is 0 Å². The van der Waals surface area contributed by atoms with Crippen molar-refractivity contribution in [2.75, 3.05) is 26.9 Å². The second kappa shape index (κ2) is 6.45. The van der Waals surface area contributed by atoms with Crippen LogP contribution in [0.3, 0.4) is 0 Å². The average Bonchev–Trinajstić information content (AvgIpc) is 3.37. The predicted molar refractivity (Wildman–Crippen MR) is 87.8 cm³/mol. The minimum atomic E-state index is -0.381. The number of morpholine rings is 1. The summed E-state index contributed by atoms with van der Waals surface area (Å²) in [6.45, 7) is 1.97. The van der Waals surface area contributed by atoms with Crippen molar-refractivity contribution >= 4 is 5.78 Å². The number of fused-ring (bicyclic) bond motifs is 2. The summed E-state index contributed by atoms with van der Waals surface area (Å²) in [4.78, 5) is 15.4. The number of carbonyl (C=O) groups is 1. The zero-order valence-electron chi connectivity index (χ0n) is 14.0. The molecule has 5 heteroatoms. The Morgan fingerprint density at radius 3 is 2.67 bits per heavy atom. The van der Waals surface area contributed by atoms with Gasteiger partial charge in [-0.1, -0.05) is 0 Å². The van der Waals surface area contributed by atoms with Crippen LogP contribution < -0.4 is 4.74 Å². The third-order valence-corrected chi connectivity index (χ3v) is 5.63. The van der Waals surface area contributed by atoms with Crippen molar-refractivity contribution in [2.24, 2.45) is 11.8 Å². The number of carbonyl (C=O) groups excluding carboxylic acids is 1. The fraction of sp³-hybridized carbons (Fsp3) is 0.632. The van der Waals surface area contributed by atoms with E-state index in [1.165, 1.54) is 25.0 Å². The zero-order chi connectivity index (χ0) is 16.7. The van der Waals surface area contributed by atoms with E-state index in [-0.39, 0.29) is 29.6 Å². The van der Waals surface area contributed by atoms with Gasteiger partial charge in [-0.2, -0.15) is 0 Å². The zero-order valence-corrected chi connectivity index (χ0v) is 14.0. The van der Waals surface area contributed by atoms with E-state index < -0.39 is 0 Å². The highest BCUT2D eigenvalue weighted by Gasteiger charge is 2.40. The Kier molecular flexibility index (Phi) is 4.31. The number of benzene rings is 1. The van der Waals surface area contributed by atoms with Crippen molar-refractivity contribution < 1.29 is 18.7 Å². The fourth-order valence-corrected chi connectivity index (χ4v) is 3.84. The molecular formula is C19H24FNO3. The van der Waals surface area contributed by atoms with Gasteiger partial charge >= 0.3 is 0 Å². The summed E-state index contributed by atoms with van der Waals surface area (Å²) < 4.78 is 25.2. The van der Waals surface area contributed by atoms with Crippen molar-refractivity contribution in [1.82, 2.24) is 4.90 Å². The number of hydrogen-bond donors (Lipinski definition) is 0. The van der Waals surface area contributed by atoms with Gasteiger partial charge in [0.25, 0.3) is 0 Å². The maximum Gasteiger partial charge on any atom is 0.169 e. The topological polar surface area (TPSA) is 38.8 Å². The molecule has 130 valence electrons. The second-order valence-corrected chi connectivity index (χ2v) is 7.44. The molecule has 2 unspecified atom stereocenters. The fourth-order valence-electron chi connectivity index (χ4n) is 3.84. The first-order valence-electron chi connectivity index (χ1n) is 8.88. The highest BCUT2D eigenvalue weighted by atomic mass is 19.1. The maximum atomic E-state index is 13.7. The first kappa shape index (κ1) is 16.0. The van der Waals surface area contributed by atoms with E-state index in [9.17, 15) is 9.18 Å². The third-order valence-electron chi connectivity index (χ3n) is 5.63. The summed E-state index contributed by atoms with van der Waals surface area (Å²) in [5.41, 5.74) is 0.407. The largest absolute Gasteiger partial charge is 0.493 e. The molecule has 2 aliphatic heterocycles. The summed E-state index contributed by atoms with van der Waals surface area (Å²) in [5, 5.41) is 0. The highest BCUT2D eigenvalue weighted by Crippen LogP contribution is 2.35. The lowest BCUT2D eigenvalue weighted by molar-refractivity contribution is -0.0702. The summed E-state index contributed by atoms with van der Waals surface area (Å²) in [5.74, 6) is 0.690. The van der Waals surface area contributed by atoms with E-state index >= 15 is 0 Å². The van der Waals surface area contributed by atoms with E-state index in [2.05, 4.69) is 11.9 Å². The standard InChI is InChI=1S/C19H24FNO3/c1-21-15-6-13(7-16(21)11-23-10-15)19(22)17-8-14(20)4-5-18(17)24-9-12-2-3-12/h4-5,8,12-13,15-16H,2-3,6-7,9-11H2,1H3. The van der Waals surface area contributed by atoms with Gasteiger partial charge in [-0.05, 0) is 56.8 Å². The smallest absolute Gasteiger partial charge is 0.169 e. The summed E-state index contributed by atoms with van der Waals surface area (Å²) in [6, 6.07) is 4.86. The molecule has 0 N–H and O–H groups in total. The normalized spacial score (nSPS) is 30.2. The molecule has 2 saturated heterocycles. The molecule has 0 radical (unpaired) electrons. The number of Topliss-reactive ketones (excluding diaryl/α,β-unsaturated/α-hetero) is 1. The highest BCUT2D eigenvalue weighted by molar-refractivity contribution is 6.00. The van der Waals surface area contributed by atoms with Crippen LogP contribution in [0.5, 0.6) is 5.75 Å². The lowest BCUT2D eigenvalue weighted by Crippen LogP contribution is -2.55.